The molecule has 0 bridgehead atoms. The minimum absolute atomic E-state index is 0.0171. The van der Waals surface area contributed by atoms with Gasteiger partial charge in [0.25, 0.3) is 0 Å². The van der Waals surface area contributed by atoms with Crippen LogP contribution in [0.15, 0.2) is 29.1 Å². The Morgan fingerprint density at radius 1 is 1.21 bits per heavy atom. The molecule has 0 amide bonds. The lowest BCUT2D eigenvalue weighted by molar-refractivity contribution is -0.207. The van der Waals surface area contributed by atoms with Crippen molar-refractivity contribution >= 4 is 29.4 Å². The second-order valence-corrected chi connectivity index (χ2v) is 5.71. The molecule has 0 aliphatic heterocycles. The predicted octanol–water partition coefficient (Wildman–Crippen LogP) is 3.20. The van der Waals surface area contributed by atoms with E-state index in [4.69, 9.17) is 28.6 Å². The molecule has 2 rings (SSSR count). The van der Waals surface area contributed by atoms with Crippen LogP contribution >= 0.6 is 23.2 Å². The highest BCUT2D eigenvalue weighted by Crippen LogP contribution is 2.30. The van der Waals surface area contributed by atoms with Crippen LogP contribution in [0.2, 0.25) is 10.2 Å². The fourth-order valence-electron chi connectivity index (χ4n) is 2.14. The zero-order valence-corrected chi connectivity index (χ0v) is 13.5. The molecule has 10 heteroatoms. The molecule has 24 heavy (non-hydrogen) atoms. The summed E-state index contributed by atoms with van der Waals surface area (Å²) in [6, 6.07) is 5.98. The van der Waals surface area contributed by atoms with Gasteiger partial charge in [0, 0.05) is 16.8 Å². The molecule has 2 aromatic rings. The van der Waals surface area contributed by atoms with Crippen LogP contribution in [0.3, 0.4) is 0 Å². The standard InChI is InChI=1S/C14H12Cl2F3N3O2/c15-9-3-1-8(2-4-9)11-12(16)21(6-5-20)13(24)22(11)7-10(23)14(17,18)19/h1-5,10,20,23H,6-7H2/t10-/m0/s1. The molecule has 1 aromatic carbocycles. The Hall–Kier alpha value is -1.77. The summed E-state index contributed by atoms with van der Waals surface area (Å²) in [5.41, 5.74) is -0.472. The maximum atomic E-state index is 12.7. The van der Waals surface area contributed by atoms with Gasteiger partial charge in [-0.25, -0.2) is 4.79 Å². The first-order valence-corrected chi connectivity index (χ1v) is 7.41. The number of nitrogens with one attached hydrogen (secondary N) is 1. The zero-order valence-electron chi connectivity index (χ0n) is 12.0. The summed E-state index contributed by atoms with van der Waals surface area (Å²) in [7, 11) is 0. The van der Waals surface area contributed by atoms with Crippen LogP contribution in [0.25, 0.3) is 11.3 Å². The molecular weight excluding hydrogens is 370 g/mol. The van der Waals surface area contributed by atoms with Crippen LogP contribution in [-0.2, 0) is 13.1 Å². The van der Waals surface area contributed by atoms with Crippen molar-refractivity contribution in [3.05, 3.63) is 44.9 Å². The van der Waals surface area contributed by atoms with Crippen LogP contribution in [0.1, 0.15) is 0 Å². The number of alkyl halides is 3. The quantitative estimate of drug-likeness (QED) is 0.780. The summed E-state index contributed by atoms with van der Waals surface area (Å²) in [6.07, 6.45) is -6.72. The summed E-state index contributed by atoms with van der Waals surface area (Å²) in [5, 5.41) is 16.7. The van der Waals surface area contributed by atoms with Gasteiger partial charge in [0.2, 0.25) is 0 Å². The summed E-state index contributed by atoms with van der Waals surface area (Å²) in [5.74, 6) is 0. The molecule has 0 aliphatic rings. The van der Waals surface area contributed by atoms with Crippen LogP contribution in [0.5, 0.6) is 0 Å². The Bertz CT molecular complexity index is 797. The van der Waals surface area contributed by atoms with Crippen molar-refractivity contribution in [2.75, 3.05) is 0 Å². The van der Waals surface area contributed by atoms with Gasteiger partial charge in [0.1, 0.15) is 5.15 Å². The highest BCUT2D eigenvalue weighted by molar-refractivity contribution is 6.32. The van der Waals surface area contributed by atoms with Crippen molar-refractivity contribution in [3.63, 3.8) is 0 Å². The highest BCUT2D eigenvalue weighted by Gasteiger charge is 2.39. The van der Waals surface area contributed by atoms with Gasteiger partial charge in [-0.15, -0.1) is 0 Å². The number of rotatable bonds is 5. The molecule has 0 saturated heterocycles. The molecule has 2 N–H and O–H groups in total. The summed E-state index contributed by atoms with van der Waals surface area (Å²) in [6.45, 7) is -1.21. The Balaban J connectivity index is 2.63. The van der Waals surface area contributed by atoms with Crippen molar-refractivity contribution in [2.24, 2.45) is 0 Å². The molecular formula is C14H12Cl2F3N3O2. The van der Waals surface area contributed by atoms with Crippen molar-refractivity contribution in [1.82, 2.24) is 9.13 Å². The molecule has 1 atom stereocenters. The number of halogens is 5. The van der Waals surface area contributed by atoms with Gasteiger partial charge < -0.3 is 10.5 Å². The van der Waals surface area contributed by atoms with E-state index in [1.807, 2.05) is 0 Å². The molecule has 0 saturated carbocycles. The molecule has 1 heterocycles. The molecule has 1 aromatic heterocycles. The van der Waals surface area contributed by atoms with Crippen molar-refractivity contribution in [2.45, 2.75) is 25.4 Å². The number of nitrogens with zero attached hydrogens (tertiary/aromatic N) is 2. The number of imidazole rings is 1. The second kappa shape index (κ2) is 7.00. The average molecular weight is 382 g/mol. The first-order valence-electron chi connectivity index (χ1n) is 6.65. The minimum atomic E-state index is -4.88. The molecule has 5 nitrogen and oxygen atoms in total. The van der Waals surface area contributed by atoms with E-state index in [-0.39, 0.29) is 17.4 Å². The maximum absolute atomic E-state index is 12.7. The van der Waals surface area contributed by atoms with Gasteiger partial charge in [0.05, 0.1) is 18.8 Å². The van der Waals surface area contributed by atoms with Crippen LogP contribution in [-0.4, -0.2) is 32.7 Å². The Morgan fingerprint density at radius 2 is 1.79 bits per heavy atom. The van der Waals surface area contributed by atoms with E-state index in [1.54, 1.807) is 0 Å². The van der Waals surface area contributed by atoms with Gasteiger partial charge in [-0.3, -0.25) is 9.13 Å². The van der Waals surface area contributed by atoms with Crippen LogP contribution in [0.4, 0.5) is 13.2 Å². The van der Waals surface area contributed by atoms with E-state index >= 15 is 0 Å². The number of hydrogen-bond donors (Lipinski definition) is 2. The Morgan fingerprint density at radius 3 is 2.29 bits per heavy atom. The maximum Gasteiger partial charge on any atom is 0.416 e. The fraction of sp³-hybridized carbons (Fsp3) is 0.286. The molecule has 130 valence electrons. The van der Waals surface area contributed by atoms with Crippen LogP contribution in [0, 0.1) is 5.41 Å². The molecule has 0 unspecified atom stereocenters. The minimum Gasteiger partial charge on any atom is -0.382 e. The van der Waals surface area contributed by atoms with Gasteiger partial charge in [-0.05, 0) is 12.1 Å². The first-order chi connectivity index (χ1) is 11.2. The second-order valence-electron chi connectivity index (χ2n) is 4.91. The molecule has 0 aliphatic carbocycles. The average Bonchev–Trinajstić information content (AvgIpc) is 2.72. The lowest BCUT2D eigenvalue weighted by Crippen LogP contribution is -2.37. The third-order valence-electron chi connectivity index (χ3n) is 3.29. The normalized spacial score (nSPS) is 13.1. The number of hydrogen-bond acceptors (Lipinski definition) is 3. The van der Waals surface area contributed by atoms with E-state index in [2.05, 4.69) is 0 Å². The number of aliphatic hydroxyl groups is 1. The van der Waals surface area contributed by atoms with Gasteiger partial charge in [-0.2, -0.15) is 13.2 Å². The number of benzene rings is 1. The van der Waals surface area contributed by atoms with Gasteiger partial charge >= 0.3 is 11.9 Å². The first kappa shape index (κ1) is 18.6. The number of aliphatic hydroxyl groups excluding tert-OH is 1. The van der Waals surface area contributed by atoms with E-state index in [0.29, 0.717) is 10.6 Å². The fourth-order valence-corrected chi connectivity index (χ4v) is 2.62. The highest BCUT2D eigenvalue weighted by atomic mass is 35.5. The third-order valence-corrected chi connectivity index (χ3v) is 3.92. The van der Waals surface area contributed by atoms with E-state index in [9.17, 15) is 23.1 Å². The monoisotopic (exact) mass is 381 g/mol. The molecule has 0 radical (unpaired) electrons. The predicted molar refractivity (Wildman–Crippen MR) is 85.0 cm³/mol. The molecule has 0 fully saturated rings. The van der Waals surface area contributed by atoms with Gasteiger partial charge in [0.15, 0.2) is 6.10 Å². The SMILES string of the molecule is N=CCn1c(Cl)c(-c2ccc(Cl)cc2)n(C[C@H](O)C(F)(F)F)c1=O. The summed E-state index contributed by atoms with van der Waals surface area (Å²) in [4.78, 5) is 12.3. The van der Waals surface area contributed by atoms with Gasteiger partial charge in [-0.1, -0.05) is 35.3 Å². The Labute approximate surface area is 144 Å². The lowest BCUT2D eigenvalue weighted by Gasteiger charge is -2.16. The van der Waals surface area contributed by atoms with Crippen LogP contribution < -0.4 is 5.69 Å². The van der Waals surface area contributed by atoms with Crippen molar-refractivity contribution < 1.29 is 18.3 Å². The summed E-state index contributed by atoms with van der Waals surface area (Å²) >= 11 is 11.9. The Kier molecular flexibility index (Phi) is 5.42. The van der Waals surface area contributed by atoms with E-state index in [0.717, 1.165) is 15.3 Å². The number of aromatic nitrogens is 2. The van der Waals surface area contributed by atoms with E-state index in [1.165, 1.54) is 24.3 Å². The lowest BCUT2D eigenvalue weighted by atomic mass is 10.1. The third kappa shape index (κ3) is 3.66. The zero-order chi connectivity index (χ0) is 18.1. The summed E-state index contributed by atoms with van der Waals surface area (Å²) < 4.78 is 39.6. The van der Waals surface area contributed by atoms with Crippen molar-refractivity contribution in [3.8, 4) is 11.3 Å². The molecule has 0 spiro atoms. The van der Waals surface area contributed by atoms with Crippen molar-refractivity contribution in [1.29, 1.82) is 5.41 Å². The smallest absolute Gasteiger partial charge is 0.382 e. The van der Waals surface area contributed by atoms with E-state index < -0.39 is 24.5 Å². The largest absolute Gasteiger partial charge is 0.416 e. The topological polar surface area (TPSA) is 71.0 Å².